The molecule has 3 nitrogen and oxygen atoms in total. The summed E-state index contributed by atoms with van der Waals surface area (Å²) in [6.45, 7) is 0. The zero-order chi connectivity index (χ0) is 15.8. The third-order valence-corrected chi connectivity index (χ3v) is 4.04. The number of aryl methyl sites for hydroxylation is 1. The van der Waals surface area contributed by atoms with E-state index in [1.54, 1.807) is 30.7 Å². The largest absolute Gasteiger partial charge is 0.342 e. The number of rotatable bonds is 2. The Hall–Kier alpha value is -3.01. The highest BCUT2D eigenvalue weighted by atomic mass is 19.1. The van der Waals surface area contributed by atoms with E-state index in [9.17, 15) is 4.39 Å². The Morgan fingerprint density at radius 2 is 1.61 bits per heavy atom. The van der Waals surface area contributed by atoms with Gasteiger partial charge in [0.1, 0.15) is 5.82 Å². The van der Waals surface area contributed by atoms with Crippen LogP contribution in [0.1, 0.15) is 0 Å². The van der Waals surface area contributed by atoms with Crippen LogP contribution in [0.15, 0.2) is 67.1 Å². The molecular formula is C19H14FN3. The lowest BCUT2D eigenvalue weighted by molar-refractivity contribution is 0.628. The average Bonchev–Trinajstić information content (AvgIpc) is 2.90. The molecule has 0 aliphatic heterocycles. The molecule has 0 bridgehead atoms. The normalized spacial score (nSPS) is 11.0. The summed E-state index contributed by atoms with van der Waals surface area (Å²) in [5.41, 5.74) is 6.01. The van der Waals surface area contributed by atoms with Crippen molar-refractivity contribution in [2.45, 2.75) is 0 Å². The van der Waals surface area contributed by atoms with Crippen LogP contribution in [0.2, 0.25) is 0 Å². The summed E-state index contributed by atoms with van der Waals surface area (Å²) in [4.78, 5) is 8.65. The van der Waals surface area contributed by atoms with Gasteiger partial charge < -0.3 is 4.57 Å². The molecular weight excluding hydrogens is 289 g/mol. The summed E-state index contributed by atoms with van der Waals surface area (Å²) in [6.07, 6.45) is 5.33. The summed E-state index contributed by atoms with van der Waals surface area (Å²) in [5, 5.41) is 0. The smallest absolute Gasteiger partial charge is 0.123 e. The first kappa shape index (κ1) is 13.6. The van der Waals surface area contributed by atoms with Crippen LogP contribution in [0.4, 0.5) is 4.39 Å². The van der Waals surface area contributed by atoms with Crippen molar-refractivity contribution in [2.75, 3.05) is 0 Å². The fraction of sp³-hybridized carbons (Fsp3) is 0.0526. The van der Waals surface area contributed by atoms with E-state index in [0.29, 0.717) is 0 Å². The molecule has 0 N–H and O–H groups in total. The van der Waals surface area contributed by atoms with E-state index in [1.165, 1.54) is 12.1 Å². The van der Waals surface area contributed by atoms with Crippen molar-refractivity contribution in [1.82, 2.24) is 14.5 Å². The Morgan fingerprint density at radius 1 is 0.870 bits per heavy atom. The van der Waals surface area contributed by atoms with Gasteiger partial charge in [0, 0.05) is 36.8 Å². The molecule has 4 heteroatoms. The molecule has 0 atom stereocenters. The molecule has 4 aromatic rings. The van der Waals surface area contributed by atoms with Gasteiger partial charge in [-0.25, -0.2) is 4.39 Å². The number of fused-ring (bicyclic) bond motifs is 1. The van der Waals surface area contributed by atoms with Gasteiger partial charge >= 0.3 is 0 Å². The van der Waals surface area contributed by atoms with Gasteiger partial charge in [-0.15, -0.1) is 0 Å². The van der Waals surface area contributed by atoms with Crippen LogP contribution in [-0.4, -0.2) is 14.5 Å². The summed E-state index contributed by atoms with van der Waals surface area (Å²) < 4.78 is 15.4. The SMILES string of the molecule is Cn1c(-c2ccncc2)c(-c2ccc(F)cc2)c2ncccc21. The highest BCUT2D eigenvalue weighted by Crippen LogP contribution is 2.39. The Bertz CT molecular complexity index is 973. The zero-order valence-electron chi connectivity index (χ0n) is 12.6. The molecule has 0 saturated carbocycles. The fourth-order valence-corrected chi connectivity index (χ4v) is 3.00. The maximum absolute atomic E-state index is 13.3. The first-order chi connectivity index (χ1) is 11.3. The Labute approximate surface area is 133 Å². The summed E-state index contributed by atoms with van der Waals surface area (Å²) >= 11 is 0. The molecule has 0 aliphatic carbocycles. The first-order valence-corrected chi connectivity index (χ1v) is 7.35. The van der Waals surface area contributed by atoms with Crippen molar-refractivity contribution in [1.29, 1.82) is 0 Å². The second-order valence-electron chi connectivity index (χ2n) is 5.40. The number of benzene rings is 1. The van der Waals surface area contributed by atoms with Gasteiger partial charge in [-0.2, -0.15) is 0 Å². The first-order valence-electron chi connectivity index (χ1n) is 7.35. The number of aromatic nitrogens is 3. The molecule has 3 heterocycles. The third-order valence-electron chi connectivity index (χ3n) is 4.04. The minimum absolute atomic E-state index is 0.243. The molecule has 0 amide bonds. The number of nitrogens with zero attached hydrogens (tertiary/aromatic N) is 3. The van der Waals surface area contributed by atoms with Crippen LogP contribution in [0, 0.1) is 5.82 Å². The van der Waals surface area contributed by atoms with Gasteiger partial charge in [-0.05, 0) is 42.0 Å². The topological polar surface area (TPSA) is 30.7 Å². The Balaban J connectivity index is 2.10. The van der Waals surface area contributed by atoms with E-state index < -0.39 is 0 Å². The van der Waals surface area contributed by atoms with Crippen molar-refractivity contribution < 1.29 is 4.39 Å². The molecule has 0 fully saturated rings. The van der Waals surface area contributed by atoms with Gasteiger partial charge in [-0.3, -0.25) is 9.97 Å². The van der Waals surface area contributed by atoms with Crippen LogP contribution < -0.4 is 0 Å². The zero-order valence-corrected chi connectivity index (χ0v) is 12.6. The predicted octanol–water partition coefficient (Wildman–Crippen LogP) is 4.44. The number of halogens is 1. The Morgan fingerprint density at radius 3 is 2.35 bits per heavy atom. The maximum atomic E-state index is 13.3. The number of pyridine rings is 2. The quantitative estimate of drug-likeness (QED) is 0.548. The van der Waals surface area contributed by atoms with Crippen LogP contribution >= 0.6 is 0 Å². The van der Waals surface area contributed by atoms with Gasteiger partial charge in [0.15, 0.2) is 0 Å². The average molecular weight is 303 g/mol. The van der Waals surface area contributed by atoms with Gasteiger partial charge in [-0.1, -0.05) is 12.1 Å². The van der Waals surface area contributed by atoms with Gasteiger partial charge in [0.2, 0.25) is 0 Å². The predicted molar refractivity (Wildman–Crippen MR) is 89.3 cm³/mol. The van der Waals surface area contributed by atoms with Crippen molar-refractivity contribution in [3.05, 3.63) is 72.9 Å². The minimum atomic E-state index is -0.243. The standard InChI is InChI=1S/C19H14FN3/c1-23-16-3-2-10-22-18(16)17(13-4-6-15(20)7-5-13)19(23)14-8-11-21-12-9-14/h2-12H,1H3. The molecule has 0 unspecified atom stereocenters. The molecule has 23 heavy (non-hydrogen) atoms. The van der Waals surface area contributed by atoms with Crippen LogP contribution in [-0.2, 0) is 7.05 Å². The second kappa shape index (κ2) is 5.32. The van der Waals surface area contributed by atoms with E-state index in [4.69, 9.17) is 0 Å². The van der Waals surface area contributed by atoms with Crippen LogP contribution in [0.3, 0.4) is 0 Å². The van der Waals surface area contributed by atoms with Crippen molar-refractivity contribution in [3.8, 4) is 22.4 Å². The van der Waals surface area contributed by atoms with E-state index >= 15 is 0 Å². The van der Waals surface area contributed by atoms with Crippen molar-refractivity contribution >= 4 is 11.0 Å². The van der Waals surface area contributed by atoms with E-state index in [-0.39, 0.29) is 5.82 Å². The van der Waals surface area contributed by atoms with Gasteiger partial charge in [0.05, 0.1) is 16.7 Å². The molecule has 3 aromatic heterocycles. The second-order valence-corrected chi connectivity index (χ2v) is 5.40. The van der Waals surface area contributed by atoms with Crippen molar-refractivity contribution in [2.24, 2.45) is 7.05 Å². The number of hydrogen-bond acceptors (Lipinski definition) is 2. The fourth-order valence-electron chi connectivity index (χ4n) is 3.00. The van der Waals surface area contributed by atoms with E-state index in [0.717, 1.165) is 33.4 Å². The Kier molecular flexibility index (Phi) is 3.15. The lowest BCUT2D eigenvalue weighted by Gasteiger charge is -2.08. The highest BCUT2D eigenvalue weighted by molar-refractivity contribution is 6.02. The number of hydrogen-bond donors (Lipinski definition) is 0. The molecule has 112 valence electrons. The lowest BCUT2D eigenvalue weighted by atomic mass is 10.0. The molecule has 0 spiro atoms. The summed E-state index contributed by atoms with van der Waals surface area (Å²) in [6, 6.07) is 14.5. The third kappa shape index (κ3) is 2.19. The lowest BCUT2D eigenvalue weighted by Crippen LogP contribution is -1.92. The monoisotopic (exact) mass is 303 g/mol. The molecule has 0 aliphatic rings. The summed E-state index contributed by atoms with van der Waals surface area (Å²) in [5.74, 6) is -0.243. The molecule has 1 aromatic carbocycles. The molecule has 0 radical (unpaired) electrons. The van der Waals surface area contributed by atoms with Crippen LogP contribution in [0.5, 0.6) is 0 Å². The van der Waals surface area contributed by atoms with Gasteiger partial charge in [0.25, 0.3) is 0 Å². The molecule has 4 rings (SSSR count). The minimum Gasteiger partial charge on any atom is -0.342 e. The highest BCUT2D eigenvalue weighted by Gasteiger charge is 2.18. The van der Waals surface area contributed by atoms with E-state index in [2.05, 4.69) is 14.5 Å². The van der Waals surface area contributed by atoms with Crippen molar-refractivity contribution in [3.63, 3.8) is 0 Å². The molecule has 0 saturated heterocycles. The van der Waals surface area contributed by atoms with Crippen LogP contribution in [0.25, 0.3) is 33.4 Å². The maximum Gasteiger partial charge on any atom is 0.123 e. The summed E-state index contributed by atoms with van der Waals surface area (Å²) in [7, 11) is 2.02. The van der Waals surface area contributed by atoms with E-state index in [1.807, 2.05) is 31.3 Å².